The second-order valence-electron chi connectivity index (χ2n) is 6.34. The van der Waals surface area contributed by atoms with E-state index >= 15 is 0 Å². The standard InChI is InChI=1S/C18H29N3O4S/c1-5-21(6-2)26(24,25)16-9-7-15(8-10-16)11-12-19-17(22)18(23)20-13-14(3)4/h7-10,14H,5-6,11-13H2,1-4H3,(H,19,22)(H,20,23). The first-order valence-electron chi connectivity index (χ1n) is 8.87. The SMILES string of the molecule is CCN(CC)S(=O)(=O)c1ccc(CCNC(=O)C(=O)NCC(C)C)cc1. The molecular formula is C18H29N3O4S. The van der Waals surface area contributed by atoms with Gasteiger partial charge in [0.1, 0.15) is 0 Å². The van der Waals surface area contributed by atoms with Crippen LogP contribution in [0, 0.1) is 5.92 Å². The molecule has 146 valence electrons. The topological polar surface area (TPSA) is 95.6 Å². The molecular weight excluding hydrogens is 354 g/mol. The Bertz CT molecular complexity index is 696. The summed E-state index contributed by atoms with van der Waals surface area (Å²) in [5, 5.41) is 5.11. The van der Waals surface area contributed by atoms with E-state index in [9.17, 15) is 18.0 Å². The Balaban J connectivity index is 2.56. The predicted octanol–water partition coefficient (Wildman–Crippen LogP) is 1.15. The van der Waals surface area contributed by atoms with Crippen LogP contribution in [0.4, 0.5) is 0 Å². The first kappa shape index (κ1) is 22.1. The Morgan fingerprint density at radius 3 is 2.04 bits per heavy atom. The number of amides is 2. The van der Waals surface area contributed by atoms with E-state index in [0.717, 1.165) is 5.56 Å². The largest absolute Gasteiger partial charge is 0.348 e. The van der Waals surface area contributed by atoms with Crippen LogP contribution in [0.2, 0.25) is 0 Å². The minimum Gasteiger partial charge on any atom is -0.348 e. The van der Waals surface area contributed by atoms with Crippen LogP contribution in [-0.4, -0.2) is 50.7 Å². The molecule has 0 aliphatic heterocycles. The molecule has 0 aliphatic rings. The molecule has 0 saturated heterocycles. The van der Waals surface area contributed by atoms with Gasteiger partial charge in [0.2, 0.25) is 10.0 Å². The Labute approximate surface area is 156 Å². The van der Waals surface area contributed by atoms with E-state index in [1.54, 1.807) is 38.1 Å². The minimum atomic E-state index is -3.47. The van der Waals surface area contributed by atoms with Gasteiger partial charge in [-0.25, -0.2) is 8.42 Å². The summed E-state index contributed by atoms with van der Waals surface area (Å²) < 4.78 is 26.2. The van der Waals surface area contributed by atoms with Crippen molar-refractivity contribution in [1.82, 2.24) is 14.9 Å². The lowest BCUT2D eigenvalue weighted by atomic mass is 10.1. The summed E-state index contributed by atoms with van der Waals surface area (Å²) >= 11 is 0. The highest BCUT2D eigenvalue weighted by Gasteiger charge is 2.21. The van der Waals surface area contributed by atoms with Gasteiger partial charge in [-0.05, 0) is 30.0 Å². The van der Waals surface area contributed by atoms with Gasteiger partial charge in [0, 0.05) is 26.2 Å². The van der Waals surface area contributed by atoms with Gasteiger partial charge in [-0.15, -0.1) is 0 Å². The number of nitrogens with zero attached hydrogens (tertiary/aromatic N) is 1. The highest BCUT2D eigenvalue weighted by atomic mass is 32.2. The third-order valence-corrected chi connectivity index (χ3v) is 5.91. The van der Waals surface area contributed by atoms with Gasteiger partial charge in [0.15, 0.2) is 0 Å². The second-order valence-corrected chi connectivity index (χ2v) is 8.28. The van der Waals surface area contributed by atoms with Gasteiger partial charge >= 0.3 is 11.8 Å². The summed E-state index contributed by atoms with van der Waals surface area (Å²) in [4.78, 5) is 23.5. The van der Waals surface area contributed by atoms with Crippen LogP contribution in [0.15, 0.2) is 29.2 Å². The van der Waals surface area contributed by atoms with Crippen molar-refractivity contribution in [2.24, 2.45) is 5.92 Å². The summed E-state index contributed by atoms with van der Waals surface area (Å²) in [5.41, 5.74) is 0.881. The van der Waals surface area contributed by atoms with Crippen molar-refractivity contribution < 1.29 is 18.0 Å². The Hall–Kier alpha value is -1.93. The number of benzene rings is 1. The van der Waals surface area contributed by atoms with E-state index < -0.39 is 21.8 Å². The highest BCUT2D eigenvalue weighted by Crippen LogP contribution is 2.16. The molecule has 1 rings (SSSR count). The second kappa shape index (κ2) is 10.3. The third kappa shape index (κ3) is 6.42. The van der Waals surface area contributed by atoms with Crippen molar-refractivity contribution in [3.8, 4) is 0 Å². The average Bonchev–Trinajstić information content (AvgIpc) is 2.60. The molecule has 0 atom stereocenters. The summed E-state index contributed by atoms with van der Waals surface area (Å²) in [6.07, 6.45) is 0.509. The van der Waals surface area contributed by atoms with Crippen LogP contribution in [0.25, 0.3) is 0 Å². The number of sulfonamides is 1. The van der Waals surface area contributed by atoms with Crippen LogP contribution in [-0.2, 0) is 26.0 Å². The van der Waals surface area contributed by atoms with Crippen LogP contribution >= 0.6 is 0 Å². The molecule has 0 unspecified atom stereocenters. The van der Waals surface area contributed by atoms with Crippen molar-refractivity contribution in [1.29, 1.82) is 0 Å². The lowest BCUT2D eigenvalue weighted by molar-refractivity contribution is -0.139. The van der Waals surface area contributed by atoms with E-state index in [1.165, 1.54) is 4.31 Å². The van der Waals surface area contributed by atoms with Crippen molar-refractivity contribution in [3.05, 3.63) is 29.8 Å². The molecule has 0 saturated carbocycles. The van der Waals surface area contributed by atoms with Crippen molar-refractivity contribution in [2.75, 3.05) is 26.2 Å². The zero-order chi connectivity index (χ0) is 19.7. The molecule has 0 bridgehead atoms. The summed E-state index contributed by atoms with van der Waals surface area (Å²) in [5.74, 6) is -1.02. The molecule has 0 aromatic heterocycles. The average molecular weight is 384 g/mol. The van der Waals surface area contributed by atoms with Crippen molar-refractivity contribution >= 4 is 21.8 Å². The van der Waals surface area contributed by atoms with E-state index in [-0.39, 0.29) is 10.8 Å². The first-order chi connectivity index (χ1) is 12.2. The van der Waals surface area contributed by atoms with Gasteiger partial charge in [-0.1, -0.05) is 39.8 Å². The molecule has 1 aromatic rings. The zero-order valence-corrected chi connectivity index (χ0v) is 16.7. The normalized spacial score (nSPS) is 11.6. The molecule has 0 radical (unpaired) electrons. The Morgan fingerprint density at radius 1 is 1.00 bits per heavy atom. The number of carbonyl (C=O) groups is 2. The monoisotopic (exact) mass is 383 g/mol. The van der Waals surface area contributed by atoms with Crippen molar-refractivity contribution in [2.45, 2.75) is 39.0 Å². The van der Waals surface area contributed by atoms with E-state index in [0.29, 0.717) is 32.6 Å². The van der Waals surface area contributed by atoms with Crippen LogP contribution in [0.5, 0.6) is 0 Å². The number of hydrogen-bond donors (Lipinski definition) is 2. The maximum absolute atomic E-state index is 12.4. The maximum Gasteiger partial charge on any atom is 0.309 e. The fraction of sp³-hybridized carbons (Fsp3) is 0.556. The molecule has 7 nitrogen and oxygen atoms in total. The third-order valence-electron chi connectivity index (χ3n) is 3.84. The minimum absolute atomic E-state index is 0.252. The molecule has 0 aliphatic carbocycles. The summed E-state index contributed by atoms with van der Waals surface area (Å²) in [7, 11) is -3.47. The lowest BCUT2D eigenvalue weighted by Gasteiger charge is -2.18. The molecule has 8 heteroatoms. The number of hydrogen-bond acceptors (Lipinski definition) is 4. The summed E-state index contributed by atoms with van der Waals surface area (Å²) in [6, 6.07) is 6.59. The van der Waals surface area contributed by atoms with E-state index in [2.05, 4.69) is 10.6 Å². The zero-order valence-electron chi connectivity index (χ0n) is 15.9. The van der Waals surface area contributed by atoms with Crippen LogP contribution in [0.3, 0.4) is 0 Å². The first-order valence-corrected chi connectivity index (χ1v) is 10.3. The number of nitrogens with one attached hydrogen (secondary N) is 2. The molecule has 0 heterocycles. The predicted molar refractivity (Wildman–Crippen MR) is 101 cm³/mol. The van der Waals surface area contributed by atoms with Crippen molar-refractivity contribution in [3.63, 3.8) is 0 Å². The maximum atomic E-state index is 12.4. The fourth-order valence-electron chi connectivity index (χ4n) is 2.32. The van der Waals surface area contributed by atoms with Gasteiger partial charge in [0.05, 0.1) is 4.90 Å². The smallest absolute Gasteiger partial charge is 0.309 e. The molecule has 26 heavy (non-hydrogen) atoms. The molecule has 1 aromatic carbocycles. The Kier molecular flexibility index (Phi) is 8.74. The number of rotatable bonds is 9. The van der Waals surface area contributed by atoms with Gasteiger partial charge in [-0.2, -0.15) is 4.31 Å². The molecule has 2 N–H and O–H groups in total. The molecule has 0 spiro atoms. The van der Waals surface area contributed by atoms with Gasteiger partial charge in [-0.3, -0.25) is 9.59 Å². The van der Waals surface area contributed by atoms with Crippen LogP contribution < -0.4 is 10.6 Å². The Morgan fingerprint density at radius 2 is 1.54 bits per heavy atom. The van der Waals surface area contributed by atoms with Gasteiger partial charge in [0.25, 0.3) is 0 Å². The number of carbonyl (C=O) groups excluding carboxylic acids is 2. The summed E-state index contributed by atoms with van der Waals surface area (Å²) in [6.45, 7) is 9.09. The molecule has 2 amide bonds. The quantitative estimate of drug-likeness (QED) is 0.625. The van der Waals surface area contributed by atoms with E-state index in [4.69, 9.17) is 0 Å². The highest BCUT2D eigenvalue weighted by molar-refractivity contribution is 7.89. The molecule has 0 fully saturated rings. The fourth-order valence-corrected chi connectivity index (χ4v) is 3.78. The lowest BCUT2D eigenvalue weighted by Crippen LogP contribution is -2.41. The van der Waals surface area contributed by atoms with Gasteiger partial charge < -0.3 is 10.6 Å². The van der Waals surface area contributed by atoms with Crippen LogP contribution in [0.1, 0.15) is 33.3 Å². The van der Waals surface area contributed by atoms with E-state index in [1.807, 2.05) is 13.8 Å².